The minimum atomic E-state index is -0.823. The van der Waals surface area contributed by atoms with E-state index in [2.05, 4.69) is 22.9 Å². The van der Waals surface area contributed by atoms with E-state index in [0.717, 1.165) is 6.42 Å². The lowest BCUT2D eigenvalue weighted by Crippen LogP contribution is -2.08. The van der Waals surface area contributed by atoms with Crippen LogP contribution in [0.3, 0.4) is 0 Å². The highest BCUT2D eigenvalue weighted by Crippen LogP contribution is 2.09. The molecule has 0 heterocycles. The molecule has 0 fully saturated rings. The first-order valence-corrected chi connectivity index (χ1v) is 7.13. The highest BCUT2D eigenvalue weighted by atomic mass is 79.9. The maximum absolute atomic E-state index is 10.5. The van der Waals surface area contributed by atoms with Gasteiger partial charge in [-0.05, 0) is 12.8 Å². The molecule has 0 saturated carbocycles. The number of hydrogen-bond donors (Lipinski definition) is 1. The van der Waals surface area contributed by atoms with Crippen LogP contribution in [0.5, 0.6) is 0 Å². The Kier molecular flexibility index (Phi) is 11.0. The van der Waals surface area contributed by atoms with Crippen LogP contribution in [0.2, 0.25) is 0 Å². The third-order valence-electron chi connectivity index (χ3n) is 2.52. The standard InChI is InChI=1S/C13H23BrO2/c1-2-3-4-5-6-7-8-9-10-11-12(14)13(15)16/h10-12H,2-9H2,1H3,(H,15,16)/b11-10+. The molecule has 1 atom stereocenters. The van der Waals surface area contributed by atoms with Gasteiger partial charge in [-0.1, -0.05) is 73.5 Å². The Morgan fingerprint density at radius 2 is 1.75 bits per heavy atom. The third-order valence-corrected chi connectivity index (χ3v) is 3.21. The van der Waals surface area contributed by atoms with Gasteiger partial charge in [0.2, 0.25) is 0 Å². The summed E-state index contributed by atoms with van der Waals surface area (Å²) in [5, 5.41) is 8.61. The minimum absolute atomic E-state index is 0.531. The Hall–Kier alpha value is -0.310. The van der Waals surface area contributed by atoms with Crippen molar-refractivity contribution in [1.82, 2.24) is 0 Å². The van der Waals surface area contributed by atoms with Gasteiger partial charge in [-0.2, -0.15) is 0 Å². The molecule has 16 heavy (non-hydrogen) atoms. The number of halogens is 1. The minimum Gasteiger partial charge on any atom is -0.480 e. The third kappa shape index (κ3) is 10.2. The molecule has 0 spiro atoms. The second kappa shape index (κ2) is 11.2. The average molecular weight is 291 g/mol. The van der Waals surface area contributed by atoms with E-state index in [-0.39, 0.29) is 0 Å². The Morgan fingerprint density at radius 3 is 2.31 bits per heavy atom. The highest BCUT2D eigenvalue weighted by molar-refractivity contribution is 9.10. The first-order valence-electron chi connectivity index (χ1n) is 6.22. The molecule has 0 aliphatic carbocycles. The molecule has 0 bridgehead atoms. The van der Waals surface area contributed by atoms with E-state index in [1.165, 1.54) is 44.9 Å². The maximum atomic E-state index is 10.5. The summed E-state index contributed by atoms with van der Waals surface area (Å²) in [5.74, 6) is -0.823. The van der Waals surface area contributed by atoms with Gasteiger partial charge in [-0.15, -0.1) is 0 Å². The van der Waals surface area contributed by atoms with Crippen molar-refractivity contribution in [3.8, 4) is 0 Å². The van der Waals surface area contributed by atoms with Gasteiger partial charge in [0.15, 0.2) is 0 Å². The van der Waals surface area contributed by atoms with Crippen LogP contribution in [-0.4, -0.2) is 15.9 Å². The van der Waals surface area contributed by atoms with E-state index in [0.29, 0.717) is 0 Å². The number of aliphatic carboxylic acids is 1. The smallest absolute Gasteiger partial charge is 0.321 e. The van der Waals surface area contributed by atoms with Crippen LogP contribution >= 0.6 is 15.9 Å². The second-order valence-electron chi connectivity index (χ2n) is 4.08. The average Bonchev–Trinajstić information content (AvgIpc) is 2.26. The number of alkyl halides is 1. The predicted octanol–water partition coefficient (Wildman–Crippen LogP) is 4.53. The summed E-state index contributed by atoms with van der Waals surface area (Å²) in [7, 11) is 0. The molecule has 2 nitrogen and oxygen atoms in total. The van der Waals surface area contributed by atoms with Crippen molar-refractivity contribution in [3.63, 3.8) is 0 Å². The van der Waals surface area contributed by atoms with Gasteiger partial charge >= 0.3 is 5.97 Å². The summed E-state index contributed by atoms with van der Waals surface area (Å²) < 4.78 is 0. The van der Waals surface area contributed by atoms with Gasteiger partial charge in [0.05, 0.1) is 0 Å². The summed E-state index contributed by atoms with van der Waals surface area (Å²) in [6.45, 7) is 2.23. The quantitative estimate of drug-likeness (QED) is 0.365. The summed E-state index contributed by atoms with van der Waals surface area (Å²) in [6.07, 6.45) is 13.7. The molecule has 1 N–H and O–H groups in total. The number of carboxylic acid groups (broad SMARTS) is 1. The Balaban J connectivity index is 3.23. The van der Waals surface area contributed by atoms with Gasteiger partial charge in [0.25, 0.3) is 0 Å². The van der Waals surface area contributed by atoms with Crippen LogP contribution in [0.1, 0.15) is 58.3 Å². The van der Waals surface area contributed by atoms with Crippen LogP contribution in [-0.2, 0) is 4.79 Å². The van der Waals surface area contributed by atoms with Crippen molar-refractivity contribution in [2.45, 2.75) is 63.1 Å². The molecule has 0 aliphatic heterocycles. The number of carboxylic acids is 1. The number of allylic oxidation sites excluding steroid dienone is 1. The number of carbonyl (C=O) groups is 1. The first-order chi connectivity index (χ1) is 7.68. The molecular formula is C13H23BrO2. The van der Waals surface area contributed by atoms with Crippen molar-refractivity contribution >= 4 is 21.9 Å². The lowest BCUT2D eigenvalue weighted by atomic mass is 10.1. The molecule has 0 amide bonds. The number of unbranched alkanes of at least 4 members (excludes halogenated alkanes) is 7. The van der Waals surface area contributed by atoms with Crippen LogP contribution in [0.25, 0.3) is 0 Å². The first kappa shape index (κ1) is 15.7. The molecule has 0 aromatic carbocycles. The van der Waals surface area contributed by atoms with E-state index in [1.54, 1.807) is 6.08 Å². The normalized spacial score (nSPS) is 13.1. The van der Waals surface area contributed by atoms with Crippen molar-refractivity contribution in [2.24, 2.45) is 0 Å². The fourth-order valence-corrected chi connectivity index (χ4v) is 1.73. The molecule has 0 aliphatic rings. The lowest BCUT2D eigenvalue weighted by molar-refractivity contribution is -0.135. The topological polar surface area (TPSA) is 37.3 Å². The lowest BCUT2D eigenvalue weighted by Gasteiger charge is -1.99. The van der Waals surface area contributed by atoms with E-state index >= 15 is 0 Å². The van der Waals surface area contributed by atoms with Gasteiger partial charge in [0.1, 0.15) is 4.83 Å². The number of rotatable bonds is 10. The van der Waals surface area contributed by atoms with Crippen LogP contribution < -0.4 is 0 Å². The van der Waals surface area contributed by atoms with E-state index in [9.17, 15) is 4.79 Å². The zero-order chi connectivity index (χ0) is 12.2. The largest absolute Gasteiger partial charge is 0.480 e. The van der Waals surface area contributed by atoms with Crippen LogP contribution in [0.15, 0.2) is 12.2 Å². The zero-order valence-corrected chi connectivity index (χ0v) is 11.7. The summed E-state index contributed by atoms with van der Waals surface area (Å²) >= 11 is 3.07. The van der Waals surface area contributed by atoms with Crippen molar-refractivity contribution in [3.05, 3.63) is 12.2 Å². The molecule has 3 heteroatoms. The van der Waals surface area contributed by atoms with Gasteiger partial charge < -0.3 is 5.11 Å². The molecule has 0 rings (SSSR count). The van der Waals surface area contributed by atoms with Gasteiger partial charge in [-0.3, -0.25) is 4.79 Å². The maximum Gasteiger partial charge on any atom is 0.321 e. The summed E-state index contributed by atoms with van der Waals surface area (Å²) in [4.78, 5) is 9.94. The molecule has 0 aromatic heterocycles. The SMILES string of the molecule is CCCCCCCCC/C=C/C(Br)C(=O)O. The summed E-state index contributed by atoms with van der Waals surface area (Å²) in [5.41, 5.74) is 0. The molecule has 0 radical (unpaired) electrons. The summed E-state index contributed by atoms with van der Waals surface area (Å²) in [6, 6.07) is 0. The molecule has 94 valence electrons. The molecule has 0 aromatic rings. The predicted molar refractivity (Wildman–Crippen MR) is 72.1 cm³/mol. The zero-order valence-electron chi connectivity index (χ0n) is 10.1. The van der Waals surface area contributed by atoms with Crippen molar-refractivity contribution in [2.75, 3.05) is 0 Å². The fourth-order valence-electron chi connectivity index (χ4n) is 1.52. The Bertz CT molecular complexity index is 202. The van der Waals surface area contributed by atoms with Gasteiger partial charge in [-0.25, -0.2) is 0 Å². The molecule has 1 unspecified atom stereocenters. The molecule has 0 saturated heterocycles. The fraction of sp³-hybridized carbons (Fsp3) is 0.769. The van der Waals surface area contributed by atoms with E-state index in [4.69, 9.17) is 5.11 Å². The number of hydrogen-bond acceptors (Lipinski definition) is 1. The molecular weight excluding hydrogens is 268 g/mol. The second-order valence-corrected chi connectivity index (χ2v) is 5.06. The van der Waals surface area contributed by atoms with Crippen molar-refractivity contribution in [1.29, 1.82) is 0 Å². The Morgan fingerprint density at radius 1 is 1.19 bits per heavy atom. The highest BCUT2D eigenvalue weighted by Gasteiger charge is 2.06. The van der Waals surface area contributed by atoms with Crippen molar-refractivity contribution < 1.29 is 9.90 Å². The van der Waals surface area contributed by atoms with Gasteiger partial charge in [0, 0.05) is 0 Å². The van der Waals surface area contributed by atoms with E-state index < -0.39 is 10.8 Å². The van der Waals surface area contributed by atoms with Crippen LogP contribution in [0, 0.1) is 0 Å². The van der Waals surface area contributed by atoms with Crippen LogP contribution in [0.4, 0.5) is 0 Å². The Labute approximate surface area is 107 Å². The monoisotopic (exact) mass is 290 g/mol. The van der Waals surface area contributed by atoms with E-state index in [1.807, 2.05) is 6.08 Å².